The normalized spacial score (nSPS) is 16.1. The molecule has 1 rings (SSSR count). The molecule has 2 unspecified atom stereocenters. The third-order valence-electron chi connectivity index (χ3n) is 9.35. The van der Waals surface area contributed by atoms with Crippen molar-refractivity contribution in [3.05, 3.63) is 35.9 Å². The zero-order valence-electron chi connectivity index (χ0n) is 33.0. The minimum Gasteiger partial charge on any atom is -0.480 e. The maximum absolute atomic E-state index is 13.9. The molecule has 294 valence electrons. The Bertz CT molecular complexity index is 1310. The predicted molar refractivity (Wildman–Crippen MR) is 203 cm³/mol. The van der Waals surface area contributed by atoms with E-state index in [0.717, 1.165) is 5.56 Å². The van der Waals surface area contributed by atoms with E-state index in [4.69, 9.17) is 5.73 Å². The number of carbonyl (C=O) groups excluding carboxylic acids is 5. The maximum atomic E-state index is 13.9. The number of amides is 5. The molecular formula is C39H66N6O7. The lowest BCUT2D eigenvalue weighted by atomic mass is 9.94. The summed E-state index contributed by atoms with van der Waals surface area (Å²) in [4.78, 5) is 78.7. The van der Waals surface area contributed by atoms with Crippen LogP contribution < -0.4 is 32.3 Å². The van der Waals surface area contributed by atoms with E-state index in [9.17, 15) is 33.9 Å². The molecule has 0 heterocycles. The Morgan fingerprint density at radius 3 is 1.65 bits per heavy atom. The molecule has 13 nitrogen and oxygen atoms in total. The summed E-state index contributed by atoms with van der Waals surface area (Å²) in [5, 5.41) is 23.7. The lowest BCUT2D eigenvalue weighted by Crippen LogP contribution is -2.60. The zero-order chi connectivity index (χ0) is 39.7. The molecule has 0 spiro atoms. The van der Waals surface area contributed by atoms with Gasteiger partial charge in [-0.05, 0) is 48.0 Å². The van der Waals surface area contributed by atoms with Crippen LogP contribution in [0.1, 0.15) is 107 Å². The van der Waals surface area contributed by atoms with Crippen molar-refractivity contribution in [1.29, 1.82) is 0 Å². The van der Waals surface area contributed by atoms with E-state index in [1.807, 2.05) is 71.9 Å². The van der Waals surface area contributed by atoms with Gasteiger partial charge in [0.1, 0.15) is 24.2 Å². The summed E-state index contributed by atoms with van der Waals surface area (Å²) >= 11 is 0. The molecule has 52 heavy (non-hydrogen) atoms. The number of carboxylic acids is 1. The fourth-order valence-corrected chi connectivity index (χ4v) is 5.78. The molecule has 0 aromatic heterocycles. The van der Waals surface area contributed by atoms with Gasteiger partial charge in [-0.2, -0.15) is 0 Å². The van der Waals surface area contributed by atoms with Gasteiger partial charge < -0.3 is 37.4 Å². The van der Waals surface area contributed by atoms with Gasteiger partial charge in [-0.3, -0.25) is 24.0 Å². The molecule has 0 aliphatic heterocycles. The molecule has 5 amide bonds. The van der Waals surface area contributed by atoms with Crippen LogP contribution in [0.3, 0.4) is 0 Å². The summed E-state index contributed by atoms with van der Waals surface area (Å²) in [6, 6.07) is 3.78. The van der Waals surface area contributed by atoms with Crippen molar-refractivity contribution in [3.63, 3.8) is 0 Å². The summed E-state index contributed by atoms with van der Waals surface area (Å²) in [7, 11) is 0. The average Bonchev–Trinajstić information content (AvgIpc) is 3.06. The lowest BCUT2D eigenvalue weighted by Gasteiger charge is -2.31. The minimum atomic E-state index is -1.15. The number of benzene rings is 1. The monoisotopic (exact) mass is 730 g/mol. The molecule has 0 radical (unpaired) electrons. The number of carbonyl (C=O) groups is 6. The molecule has 0 aliphatic carbocycles. The van der Waals surface area contributed by atoms with Gasteiger partial charge in [0.25, 0.3) is 0 Å². The van der Waals surface area contributed by atoms with Gasteiger partial charge in [0.2, 0.25) is 29.5 Å². The largest absolute Gasteiger partial charge is 0.480 e. The van der Waals surface area contributed by atoms with E-state index in [-0.39, 0.29) is 54.8 Å². The maximum Gasteiger partial charge on any atom is 0.326 e. The first kappa shape index (κ1) is 46.0. The van der Waals surface area contributed by atoms with E-state index in [1.54, 1.807) is 27.7 Å². The first-order valence-electron chi connectivity index (χ1n) is 18.8. The Balaban J connectivity index is 3.25. The van der Waals surface area contributed by atoms with Crippen LogP contribution in [-0.2, 0) is 35.2 Å². The number of hydrogen-bond donors (Lipinski definition) is 7. The number of hydrogen-bond acceptors (Lipinski definition) is 7. The van der Waals surface area contributed by atoms with Gasteiger partial charge in [-0.15, -0.1) is 0 Å². The first-order chi connectivity index (χ1) is 24.3. The number of nitrogens with two attached hydrogens (primary N) is 1. The van der Waals surface area contributed by atoms with Gasteiger partial charge in [0, 0.05) is 24.9 Å². The molecule has 0 aliphatic rings. The van der Waals surface area contributed by atoms with Crippen molar-refractivity contribution in [2.24, 2.45) is 35.3 Å². The highest BCUT2D eigenvalue weighted by atomic mass is 16.4. The van der Waals surface area contributed by atoms with E-state index >= 15 is 0 Å². The molecule has 8 atom stereocenters. The van der Waals surface area contributed by atoms with Crippen molar-refractivity contribution in [1.82, 2.24) is 26.6 Å². The van der Waals surface area contributed by atoms with Gasteiger partial charge in [0.15, 0.2) is 0 Å². The molecule has 1 aromatic rings. The molecule has 8 N–H and O–H groups in total. The summed E-state index contributed by atoms with van der Waals surface area (Å²) in [6.07, 6.45) is 1.78. The Kier molecular flexibility index (Phi) is 20.2. The first-order valence-corrected chi connectivity index (χ1v) is 18.8. The summed E-state index contributed by atoms with van der Waals surface area (Å²) in [5.74, 6) is -4.21. The second kappa shape index (κ2) is 22.8. The Hall–Kier alpha value is -4.00. The molecule has 0 bridgehead atoms. The zero-order valence-corrected chi connectivity index (χ0v) is 33.0. The third-order valence-corrected chi connectivity index (χ3v) is 9.35. The fourth-order valence-electron chi connectivity index (χ4n) is 5.78. The molecule has 1 aromatic carbocycles. The van der Waals surface area contributed by atoms with Crippen LogP contribution in [0.15, 0.2) is 30.3 Å². The van der Waals surface area contributed by atoms with Crippen LogP contribution in [0.4, 0.5) is 0 Å². The van der Waals surface area contributed by atoms with Gasteiger partial charge >= 0.3 is 5.97 Å². The van der Waals surface area contributed by atoms with E-state index in [1.165, 1.54) is 0 Å². The van der Waals surface area contributed by atoms with Crippen LogP contribution in [0.5, 0.6) is 0 Å². The fraction of sp³-hybridized carbons (Fsp3) is 0.692. The van der Waals surface area contributed by atoms with E-state index < -0.39 is 65.8 Å². The number of carboxylic acid groups (broad SMARTS) is 1. The Morgan fingerprint density at radius 2 is 1.15 bits per heavy atom. The lowest BCUT2D eigenvalue weighted by molar-refractivity contribution is -0.144. The Morgan fingerprint density at radius 1 is 0.635 bits per heavy atom. The van der Waals surface area contributed by atoms with Crippen LogP contribution >= 0.6 is 0 Å². The third kappa shape index (κ3) is 16.1. The van der Waals surface area contributed by atoms with E-state index in [2.05, 4.69) is 26.6 Å². The molecular weight excluding hydrogens is 664 g/mol. The van der Waals surface area contributed by atoms with Crippen LogP contribution in [0.2, 0.25) is 0 Å². The van der Waals surface area contributed by atoms with Crippen molar-refractivity contribution < 1.29 is 33.9 Å². The van der Waals surface area contributed by atoms with Crippen LogP contribution in [0.25, 0.3) is 0 Å². The topological polar surface area (TPSA) is 209 Å². The average molecular weight is 731 g/mol. The van der Waals surface area contributed by atoms with Gasteiger partial charge in [0.05, 0.1) is 0 Å². The van der Waals surface area contributed by atoms with Crippen LogP contribution in [-0.4, -0.2) is 76.9 Å². The molecule has 0 fully saturated rings. The highest BCUT2D eigenvalue weighted by molar-refractivity contribution is 5.93. The van der Waals surface area contributed by atoms with Crippen molar-refractivity contribution >= 4 is 35.5 Å². The predicted octanol–water partition coefficient (Wildman–Crippen LogP) is 3.30. The van der Waals surface area contributed by atoms with Crippen molar-refractivity contribution in [3.8, 4) is 0 Å². The summed E-state index contributed by atoms with van der Waals surface area (Å²) in [6.45, 7) is 18.6. The highest BCUT2D eigenvalue weighted by Crippen LogP contribution is 2.15. The SMILES string of the molecule is CCC(C)[C@H](NC(=O)CC(N)[C@H](Cc1ccccc1)NC(=O)[C@@H](NC(=O)[C@H](CC(C)C)NC(=O)CC(C)C)C(C)C)C(=O)N[C@H](C(=O)O)[C@@H](C)CC. The number of nitrogens with one attached hydrogen (secondary N) is 5. The van der Waals surface area contributed by atoms with E-state index in [0.29, 0.717) is 19.3 Å². The van der Waals surface area contributed by atoms with Crippen molar-refractivity contribution in [2.45, 2.75) is 144 Å². The summed E-state index contributed by atoms with van der Waals surface area (Å²) in [5.41, 5.74) is 7.50. The van der Waals surface area contributed by atoms with Crippen molar-refractivity contribution in [2.75, 3.05) is 0 Å². The van der Waals surface area contributed by atoms with Gasteiger partial charge in [-0.25, -0.2) is 4.79 Å². The summed E-state index contributed by atoms with van der Waals surface area (Å²) < 4.78 is 0. The second-order valence-electron chi connectivity index (χ2n) is 15.4. The van der Waals surface area contributed by atoms with Crippen LogP contribution in [0, 0.1) is 29.6 Å². The minimum absolute atomic E-state index is 0.102. The molecule has 0 saturated carbocycles. The molecule has 13 heteroatoms. The van der Waals surface area contributed by atoms with Gasteiger partial charge in [-0.1, -0.05) is 112 Å². The quantitative estimate of drug-likeness (QED) is 0.0887. The number of rotatable bonds is 23. The standard InChI is InChI=1S/C39H66N6O7/c1-11-25(9)34(38(50)45-35(39(51)52)26(10)12-2)43-32(47)21-28(40)29(20-27-16-14-13-15-17-27)42-37(49)33(24(7)8)44-36(48)30(18-22(3)4)41-31(46)19-23(5)6/h13-17,22-26,28-30,33-35H,11-12,18-21,40H2,1-10H3,(H,41,46)(H,42,49)(H,43,47)(H,44,48)(H,45,50)(H,51,52)/t25?,26-,28?,29-,30-,33-,34-,35-/m0/s1. The number of aliphatic carboxylic acids is 1. The smallest absolute Gasteiger partial charge is 0.326 e. The molecule has 0 saturated heterocycles. The second-order valence-corrected chi connectivity index (χ2v) is 15.4. The Labute approximate surface area is 310 Å². The highest BCUT2D eigenvalue weighted by Gasteiger charge is 2.34.